The van der Waals surface area contributed by atoms with Gasteiger partial charge in [-0.15, -0.1) is 0 Å². The first-order valence-electron chi connectivity index (χ1n) is 2.46. The van der Waals surface area contributed by atoms with Crippen molar-refractivity contribution in [2.75, 3.05) is 8.86 Å². The van der Waals surface area contributed by atoms with Crippen LogP contribution in [-0.2, 0) is 0 Å². The standard InChI is InChI=1S/C5H9IN/c7-2-1-5-3-6-4-5/h2,5,7H,1,3-4H2/q-1. The van der Waals surface area contributed by atoms with Gasteiger partial charge >= 0.3 is 54.0 Å². The molecule has 1 heterocycles. The van der Waals surface area contributed by atoms with E-state index in [1.807, 2.05) is 0 Å². The molecule has 0 saturated carbocycles. The second-order valence-electron chi connectivity index (χ2n) is 1.80. The number of nitrogens with one attached hydrogen (secondary N) is 1. The van der Waals surface area contributed by atoms with Crippen molar-refractivity contribution in [3.63, 3.8) is 0 Å². The molecule has 1 rings (SSSR count). The van der Waals surface area contributed by atoms with Gasteiger partial charge in [0.2, 0.25) is 0 Å². The molecule has 0 bridgehead atoms. The summed E-state index contributed by atoms with van der Waals surface area (Å²) in [5.41, 5.74) is 0. The van der Waals surface area contributed by atoms with E-state index in [-0.39, 0.29) is 0 Å². The maximum absolute atomic E-state index is 6.76. The van der Waals surface area contributed by atoms with E-state index in [2.05, 4.69) is 0 Å². The molecule has 1 saturated heterocycles. The molecule has 0 spiro atoms. The van der Waals surface area contributed by atoms with Crippen molar-refractivity contribution >= 4 is 6.21 Å². The molecule has 42 valence electrons. The van der Waals surface area contributed by atoms with Crippen molar-refractivity contribution in [2.45, 2.75) is 6.42 Å². The summed E-state index contributed by atoms with van der Waals surface area (Å²) in [5, 5.41) is 6.76. The molecule has 0 unspecified atom stereocenters. The quantitative estimate of drug-likeness (QED) is 0.302. The average molecular weight is 210 g/mol. The van der Waals surface area contributed by atoms with E-state index < -0.39 is 0 Å². The van der Waals surface area contributed by atoms with Crippen LogP contribution in [0.1, 0.15) is 6.42 Å². The van der Waals surface area contributed by atoms with E-state index in [9.17, 15) is 0 Å². The van der Waals surface area contributed by atoms with Gasteiger partial charge in [0.1, 0.15) is 0 Å². The van der Waals surface area contributed by atoms with Gasteiger partial charge in [-0.05, 0) is 0 Å². The van der Waals surface area contributed by atoms with Crippen molar-refractivity contribution in [2.24, 2.45) is 5.92 Å². The summed E-state index contributed by atoms with van der Waals surface area (Å²) in [6, 6.07) is 0. The van der Waals surface area contributed by atoms with Crippen molar-refractivity contribution < 1.29 is 21.2 Å². The molecule has 1 N–H and O–H groups in total. The molecular formula is C5H9IN-. The van der Waals surface area contributed by atoms with E-state index in [0.717, 1.165) is 12.3 Å². The predicted molar refractivity (Wildman–Crippen MR) is 26.6 cm³/mol. The molecule has 1 aliphatic heterocycles. The molecule has 0 radical (unpaired) electrons. The minimum absolute atomic E-state index is 0.635. The van der Waals surface area contributed by atoms with Crippen LogP contribution in [0.5, 0.6) is 0 Å². The number of rotatable bonds is 2. The van der Waals surface area contributed by atoms with Crippen LogP contribution >= 0.6 is 0 Å². The Labute approximate surface area is 54.3 Å². The molecule has 0 aromatic rings. The number of hydrogen-bond acceptors (Lipinski definition) is 1. The second kappa shape index (κ2) is 2.64. The molecule has 0 aliphatic carbocycles. The van der Waals surface area contributed by atoms with Crippen molar-refractivity contribution in [3.05, 3.63) is 0 Å². The van der Waals surface area contributed by atoms with Gasteiger partial charge in [-0.25, -0.2) is 0 Å². The van der Waals surface area contributed by atoms with Gasteiger partial charge < -0.3 is 0 Å². The number of hydrogen-bond donors (Lipinski definition) is 1. The van der Waals surface area contributed by atoms with Crippen LogP contribution in [-0.4, -0.2) is 15.1 Å². The number of alkyl halides is 2. The summed E-state index contributed by atoms with van der Waals surface area (Å²) in [7, 11) is 0. The molecule has 1 aliphatic rings. The zero-order valence-electron chi connectivity index (χ0n) is 4.15. The summed E-state index contributed by atoms with van der Waals surface area (Å²) in [6.07, 6.45) is 2.60. The fourth-order valence-electron chi connectivity index (χ4n) is 0.556. The molecular weight excluding hydrogens is 201 g/mol. The van der Waals surface area contributed by atoms with E-state index in [1.54, 1.807) is 6.21 Å². The van der Waals surface area contributed by atoms with E-state index in [4.69, 9.17) is 5.41 Å². The minimum atomic E-state index is 0.635. The monoisotopic (exact) mass is 210 g/mol. The van der Waals surface area contributed by atoms with Crippen LogP contribution in [0.15, 0.2) is 0 Å². The Bertz CT molecular complexity index is 68.5. The van der Waals surface area contributed by atoms with Crippen molar-refractivity contribution in [3.8, 4) is 0 Å². The Morgan fingerprint density at radius 1 is 1.71 bits per heavy atom. The summed E-state index contributed by atoms with van der Waals surface area (Å²) in [4.78, 5) is 0. The Kier molecular flexibility index (Phi) is 2.09. The van der Waals surface area contributed by atoms with Crippen molar-refractivity contribution in [1.29, 1.82) is 5.41 Å². The van der Waals surface area contributed by atoms with Gasteiger partial charge in [-0.2, -0.15) is 0 Å². The van der Waals surface area contributed by atoms with Gasteiger partial charge in [0.05, 0.1) is 0 Å². The van der Waals surface area contributed by atoms with Crippen LogP contribution in [0.4, 0.5) is 0 Å². The number of halogens is 1. The topological polar surface area (TPSA) is 23.9 Å². The Morgan fingerprint density at radius 2 is 2.43 bits per heavy atom. The van der Waals surface area contributed by atoms with E-state index in [1.165, 1.54) is 8.86 Å². The Balaban J connectivity index is 2.03. The molecule has 0 aromatic heterocycles. The summed E-state index contributed by atoms with van der Waals surface area (Å²) in [6.45, 7) is 0. The fourth-order valence-corrected chi connectivity index (χ4v) is 2.78. The van der Waals surface area contributed by atoms with Gasteiger partial charge in [0.15, 0.2) is 0 Å². The second-order valence-corrected chi connectivity index (χ2v) is 4.64. The molecule has 2 heteroatoms. The summed E-state index contributed by atoms with van der Waals surface area (Å²) in [5.74, 6) is 0.935. The van der Waals surface area contributed by atoms with Crippen LogP contribution < -0.4 is 21.2 Å². The first kappa shape index (κ1) is 5.54. The Hall–Kier alpha value is 0.400. The fraction of sp³-hybridized carbons (Fsp3) is 0.800. The molecule has 1 nitrogen and oxygen atoms in total. The van der Waals surface area contributed by atoms with Gasteiger partial charge in [0.25, 0.3) is 0 Å². The zero-order chi connectivity index (χ0) is 5.11. The van der Waals surface area contributed by atoms with Crippen molar-refractivity contribution in [1.82, 2.24) is 0 Å². The third-order valence-corrected chi connectivity index (χ3v) is 4.84. The first-order chi connectivity index (χ1) is 3.43. The predicted octanol–water partition coefficient (Wildman–Crippen LogP) is -2.26. The van der Waals surface area contributed by atoms with E-state index in [0.29, 0.717) is 21.2 Å². The van der Waals surface area contributed by atoms with Gasteiger partial charge in [-0.1, -0.05) is 0 Å². The zero-order valence-corrected chi connectivity index (χ0v) is 6.31. The van der Waals surface area contributed by atoms with Gasteiger partial charge in [0, 0.05) is 0 Å². The summed E-state index contributed by atoms with van der Waals surface area (Å²) < 4.78 is 2.96. The molecule has 0 aromatic carbocycles. The van der Waals surface area contributed by atoms with E-state index >= 15 is 0 Å². The third-order valence-electron chi connectivity index (χ3n) is 1.11. The van der Waals surface area contributed by atoms with Crippen LogP contribution in [0.2, 0.25) is 0 Å². The molecule has 0 atom stereocenters. The third kappa shape index (κ3) is 1.40. The summed E-state index contributed by atoms with van der Waals surface area (Å²) >= 11 is 0.635. The molecule has 1 fully saturated rings. The molecule has 7 heavy (non-hydrogen) atoms. The SMILES string of the molecule is N=CCC1C[I-]C1. The molecule has 0 amide bonds. The van der Waals surface area contributed by atoms with Gasteiger partial charge in [-0.3, -0.25) is 0 Å². The Morgan fingerprint density at radius 3 is 2.57 bits per heavy atom. The van der Waals surface area contributed by atoms with Crippen LogP contribution in [0.3, 0.4) is 0 Å². The first-order valence-corrected chi connectivity index (χ1v) is 5.51. The maximum atomic E-state index is 6.76. The normalized spacial score (nSPS) is 22.3. The van der Waals surface area contributed by atoms with Crippen LogP contribution in [0.25, 0.3) is 0 Å². The average Bonchev–Trinajstić information content (AvgIpc) is 1.55. The van der Waals surface area contributed by atoms with Crippen LogP contribution in [0, 0.1) is 11.3 Å².